The Morgan fingerprint density at radius 1 is 1.11 bits per heavy atom. The number of aryl methyl sites for hydroxylation is 1. The molecule has 1 N–H and O–H groups in total. The van der Waals surface area contributed by atoms with Gasteiger partial charge < -0.3 is 19.1 Å². The summed E-state index contributed by atoms with van der Waals surface area (Å²) in [4.78, 5) is 26.7. The van der Waals surface area contributed by atoms with Crippen LogP contribution < -0.4 is 11.1 Å². The van der Waals surface area contributed by atoms with E-state index < -0.39 is 0 Å². The molecule has 3 heterocycles. The van der Waals surface area contributed by atoms with Crippen LogP contribution in [0.4, 0.5) is 0 Å². The molecule has 0 saturated carbocycles. The lowest BCUT2D eigenvalue weighted by Crippen LogP contribution is -2.40. The van der Waals surface area contributed by atoms with Crippen molar-refractivity contribution in [1.82, 2.24) is 14.8 Å². The number of hydrogen-bond donors (Lipinski definition) is 1. The van der Waals surface area contributed by atoms with Crippen molar-refractivity contribution in [3.05, 3.63) is 59.0 Å². The SMILES string of the molecule is O=C(NCc1ccco1)C1CCN(CCCn2c(=O)oc3ccccc32)CC1. The Morgan fingerprint density at radius 2 is 1.93 bits per heavy atom. The van der Waals surface area contributed by atoms with E-state index in [1.165, 1.54) is 0 Å². The summed E-state index contributed by atoms with van der Waals surface area (Å²) in [6.45, 7) is 3.80. The molecule has 2 aromatic heterocycles. The van der Waals surface area contributed by atoms with Crippen molar-refractivity contribution < 1.29 is 13.6 Å². The normalized spacial score (nSPS) is 15.9. The zero-order chi connectivity index (χ0) is 19.3. The van der Waals surface area contributed by atoms with Crippen LogP contribution in [-0.2, 0) is 17.9 Å². The Bertz CT molecular complexity index is 965. The molecule has 0 bridgehead atoms. The number of nitrogens with one attached hydrogen (secondary N) is 1. The van der Waals surface area contributed by atoms with Crippen LogP contribution in [0.25, 0.3) is 11.1 Å². The van der Waals surface area contributed by atoms with Crippen molar-refractivity contribution in [2.75, 3.05) is 19.6 Å². The number of para-hydroxylation sites is 2. The van der Waals surface area contributed by atoms with Gasteiger partial charge in [-0.05, 0) is 63.2 Å². The molecule has 4 rings (SSSR count). The topological polar surface area (TPSA) is 80.6 Å². The van der Waals surface area contributed by atoms with Crippen LogP contribution in [0.15, 0.2) is 56.3 Å². The highest BCUT2D eigenvalue weighted by Gasteiger charge is 2.24. The molecule has 0 atom stereocenters. The predicted octanol–water partition coefficient (Wildman–Crippen LogP) is 2.61. The van der Waals surface area contributed by atoms with Crippen molar-refractivity contribution in [1.29, 1.82) is 0 Å². The number of amides is 1. The standard InChI is InChI=1S/C21H25N3O4/c25-20(22-15-17-5-3-14-27-17)16-8-12-23(13-9-16)10-4-11-24-18-6-1-2-7-19(18)28-21(24)26/h1-3,5-7,14,16H,4,8-13,15H2,(H,22,25). The minimum atomic E-state index is -0.298. The van der Waals surface area contributed by atoms with Crippen molar-refractivity contribution in [3.8, 4) is 0 Å². The fraction of sp³-hybridized carbons (Fsp3) is 0.429. The van der Waals surface area contributed by atoms with E-state index in [0.29, 0.717) is 18.7 Å². The largest absolute Gasteiger partial charge is 0.467 e. The van der Waals surface area contributed by atoms with Gasteiger partial charge >= 0.3 is 5.76 Å². The second kappa shape index (κ2) is 8.48. The second-order valence-electron chi connectivity index (χ2n) is 7.25. The summed E-state index contributed by atoms with van der Waals surface area (Å²) in [6.07, 6.45) is 4.20. The van der Waals surface area contributed by atoms with Gasteiger partial charge in [0.15, 0.2) is 5.58 Å². The first-order chi connectivity index (χ1) is 13.7. The number of piperidine rings is 1. The Hall–Kier alpha value is -2.80. The number of fused-ring (bicyclic) bond motifs is 1. The minimum absolute atomic E-state index is 0.0617. The molecule has 7 heteroatoms. The van der Waals surface area contributed by atoms with Crippen molar-refractivity contribution >= 4 is 17.0 Å². The fourth-order valence-corrected chi connectivity index (χ4v) is 3.83. The first-order valence-electron chi connectivity index (χ1n) is 9.81. The van der Waals surface area contributed by atoms with Gasteiger partial charge in [0.25, 0.3) is 0 Å². The summed E-state index contributed by atoms with van der Waals surface area (Å²) < 4.78 is 12.2. The Kier molecular flexibility index (Phi) is 5.62. The molecule has 1 fully saturated rings. The van der Waals surface area contributed by atoms with Crippen molar-refractivity contribution in [2.24, 2.45) is 5.92 Å². The first kappa shape index (κ1) is 18.6. The summed E-state index contributed by atoms with van der Waals surface area (Å²) in [6, 6.07) is 11.2. The highest BCUT2D eigenvalue weighted by atomic mass is 16.4. The number of furan rings is 1. The van der Waals surface area contributed by atoms with Crippen molar-refractivity contribution in [2.45, 2.75) is 32.4 Å². The molecular formula is C21H25N3O4. The zero-order valence-electron chi connectivity index (χ0n) is 15.8. The van der Waals surface area contributed by atoms with Crippen LogP contribution in [0, 0.1) is 5.92 Å². The van der Waals surface area contributed by atoms with E-state index in [2.05, 4.69) is 10.2 Å². The molecule has 28 heavy (non-hydrogen) atoms. The predicted molar refractivity (Wildman–Crippen MR) is 105 cm³/mol. The number of rotatable bonds is 7. The third-order valence-electron chi connectivity index (χ3n) is 5.41. The van der Waals surface area contributed by atoms with E-state index in [-0.39, 0.29) is 17.6 Å². The molecule has 0 unspecified atom stereocenters. The van der Waals surface area contributed by atoms with Crippen molar-refractivity contribution in [3.63, 3.8) is 0 Å². The lowest BCUT2D eigenvalue weighted by atomic mass is 9.96. The number of aromatic nitrogens is 1. The van der Waals surface area contributed by atoms with E-state index in [1.54, 1.807) is 10.8 Å². The van der Waals surface area contributed by atoms with E-state index in [4.69, 9.17) is 8.83 Å². The molecule has 1 aromatic carbocycles. The van der Waals surface area contributed by atoms with Crippen LogP contribution in [0.2, 0.25) is 0 Å². The molecule has 0 aliphatic carbocycles. The third-order valence-corrected chi connectivity index (χ3v) is 5.41. The van der Waals surface area contributed by atoms with Crippen LogP contribution >= 0.6 is 0 Å². The average molecular weight is 383 g/mol. The van der Waals surface area contributed by atoms with Crippen LogP contribution in [0.3, 0.4) is 0 Å². The molecule has 0 spiro atoms. The van der Waals surface area contributed by atoms with Gasteiger partial charge in [-0.1, -0.05) is 12.1 Å². The smallest absolute Gasteiger partial charge is 0.419 e. The van der Waals surface area contributed by atoms with Crippen LogP contribution in [0.1, 0.15) is 25.0 Å². The third kappa shape index (κ3) is 4.20. The van der Waals surface area contributed by atoms with E-state index in [0.717, 1.165) is 50.2 Å². The average Bonchev–Trinajstić information content (AvgIpc) is 3.34. The Morgan fingerprint density at radius 3 is 2.71 bits per heavy atom. The maximum Gasteiger partial charge on any atom is 0.419 e. The maximum absolute atomic E-state index is 12.3. The second-order valence-corrected chi connectivity index (χ2v) is 7.25. The van der Waals surface area contributed by atoms with E-state index >= 15 is 0 Å². The van der Waals surface area contributed by atoms with E-state index in [9.17, 15) is 9.59 Å². The number of oxazole rings is 1. The number of carbonyl (C=O) groups excluding carboxylic acids is 1. The number of carbonyl (C=O) groups is 1. The maximum atomic E-state index is 12.3. The van der Waals surface area contributed by atoms with Gasteiger partial charge in [-0.15, -0.1) is 0 Å². The van der Waals surface area contributed by atoms with Crippen LogP contribution in [0.5, 0.6) is 0 Å². The summed E-state index contributed by atoms with van der Waals surface area (Å²) in [5.41, 5.74) is 1.48. The quantitative estimate of drug-likeness (QED) is 0.678. The van der Waals surface area contributed by atoms with Gasteiger partial charge in [0, 0.05) is 12.5 Å². The summed E-state index contributed by atoms with van der Waals surface area (Å²) in [5, 5.41) is 2.95. The molecule has 7 nitrogen and oxygen atoms in total. The highest BCUT2D eigenvalue weighted by Crippen LogP contribution is 2.18. The fourth-order valence-electron chi connectivity index (χ4n) is 3.83. The molecule has 1 aliphatic heterocycles. The monoisotopic (exact) mass is 383 g/mol. The minimum Gasteiger partial charge on any atom is -0.467 e. The summed E-state index contributed by atoms with van der Waals surface area (Å²) in [7, 11) is 0. The molecular weight excluding hydrogens is 358 g/mol. The lowest BCUT2D eigenvalue weighted by Gasteiger charge is -2.31. The van der Waals surface area contributed by atoms with Gasteiger partial charge in [-0.25, -0.2) is 4.79 Å². The van der Waals surface area contributed by atoms with Gasteiger partial charge in [-0.3, -0.25) is 9.36 Å². The number of nitrogens with zero attached hydrogens (tertiary/aromatic N) is 2. The highest BCUT2D eigenvalue weighted by molar-refractivity contribution is 5.78. The summed E-state index contributed by atoms with van der Waals surface area (Å²) in [5.74, 6) is 0.639. The van der Waals surface area contributed by atoms with Gasteiger partial charge in [0.2, 0.25) is 5.91 Å². The zero-order valence-corrected chi connectivity index (χ0v) is 15.8. The first-order valence-corrected chi connectivity index (χ1v) is 9.81. The molecule has 3 aromatic rings. The molecule has 0 radical (unpaired) electrons. The molecule has 1 aliphatic rings. The number of hydrogen-bond acceptors (Lipinski definition) is 5. The lowest BCUT2D eigenvalue weighted by molar-refractivity contribution is -0.126. The van der Waals surface area contributed by atoms with Gasteiger partial charge in [0.1, 0.15) is 5.76 Å². The Balaban J connectivity index is 1.21. The number of benzene rings is 1. The van der Waals surface area contributed by atoms with E-state index in [1.807, 2.05) is 36.4 Å². The number of likely N-dealkylation sites (tertiary alicyclic amines) is 1. The molecule has 1 saturated heterocycles. The van der Waals surface area contributed by atoms with Gasteiger partial charge in [0.05, 0.1) is 18.3 Å². The molecule has 1 amide bonds. The van der Waals surface area contributed by atoms with Crippen LogP contribution in [-0.4, -0.2) is 35.0 Å². The van der Waals surface area contributed by atoms with Gasteiger partial charge in [-0.2, -0.15) is 0 Å². The Labute approximate surface area is 162 Å². The molecule has 148 valence electrons. The summed E-state index contributed by atoms with van der Waals surface area (Å²) >= 11 is 0.